The number of pyridine rings is 1. The molecule has 0 radical (unpaired) electrons. The third-order valence-corrected chi connectivity index (χ3v) is 8.10. The van der Waals surface area contributed by atoms with E-state index in [0.717, 1.165) is 62.4 Å². The SMILES string of the molecule is CC(C)(C)OC(=O)N1CCN(c2cccnc2C(c2ccc(C3CCOCC3)cc2)C2CCCNC2=O)CC1. The second-order valence-electron chi connectivity index (χ2n) is 11.9. The van der Waals surface area contributed by atoms with Crippen molar-refractivity contribution in [3.8, 4) is 0 Å². The number of carbonyl (C=O) groups is 2. The van der Waals surface area contributed by atoms with Gasteiger partial charge in [0.2, 0.25) is 5.91 Å². The first kappa shape index (κ1) is 27.4. The van der Waals surface area contributed by atoms with E-state index >= 15 is 0 Å². The third-order valence-electron chi connectivity index (χ3n) is 8.10. The average molecular weight is 535 g/mol. The van der Waals surface area contributed by atoms with E-state index in [2.05, 4.69) is 40.5 Å². The zero-order valence-corrected chi connectivity index (χ0v) is 23.5. The fourth-order valence-corrected chi connectivity index (χ4v) is 6.07. The van der Waals surface area contributed by atoms with Crippen LogP contribution in [0.25, 0.3) is 0 Å². The molecule has 1 N–H and O–H groups in total. The van der Waals surface area contributed by atoms with Gasteiger partial charge in [-0.15, -0.1) is 0 Å². The summed E-state index contributed by atoms with van der Waals surface area (Å²) >= 11 is 0. The molecule has 8 nitrogen and oxygen atoms in total. The fourth-order valence-electron chi connectivity index (χ4n) is 6.07. The number of aromatic nitrogens is 1. The molecule has 0 saturated carbocycles. The maximum atomic E-state index is 13.2. The summed E-state index contributed by atoms with van der Waals surface area (Å²) < 4.78 is 11.1. The second kappa shape index (κ2) is 11.9. The summed E-state index contributed by atoms with van der Waals surface area (Å²) in [6, 6.07) is 13.0. The average Bonchev–Trinajstić information content (AvgIpc) is 2.95. The molecule has 0 aliphatic carbocycles. The van der Waals surface area contributed by atoms with Crippen LogP contribution in [0.2, 0.25) is 0 Å². The summed E-state index contributed by atoms with van der Waals surface area (Å²) in [7, 11) is 0. The van der Waals surface area contributed by atoms with Crippen molar-refractivity contribution in [3.05, 3.63) is 59.4 Å². The van der Waals surface area contributed by atoms with Crippen LogP contribution < -0.4 is 10.2 Å². The van der Waals surface area contributed by atoms with Crippen LogP contribution in [0.1, 0.15) is 75.1 Å². The molecule has 3 fully saturated rings. The first-order valence-corrected chi connectivity index (χ1v) is 14.4. The number of nitrogens with zero attached hydrogens (tertiary/aromatic N) is 3. The summed E-state index contributed by atoms with van der Waals surface area (Å²) in [5, 5.41) is 3.10. The normalized spacial score (nSPS) is 21.8. The highest BCUT2D eigenvalue weighted by atomic mass is 16.6. The molecule has 3 aliphatic rings. The van der Waals surface area contributed by atoms with Gasteiger partial charge in [-0.3, -0.25) is 9.78 Å². The smallest absolute Gasteiger partial charge is 0.410 e. The Morgan fingerprint density at radius 3 is 2.44 bits per heavy atom. The topological polar surface area (TPSA) is 84.0 Å². The summed E-state index contributed by atoms with van der Waals surface area (Å²) in [5.74, 6) is 0.306. The van der Waals surface area contributed by atoms with Crippen molar-refractivity contribution in [1.82, 2.24) is 15.2 Å². The quantitative estimate of drug-likeness (QED) is 0.599. The molecule has 1 aromatic heterocycles. The maximum absolute atomic E-state index is 13.2. The van der Waals surface area contributed by atoms with E-state index in [9.17, 15) is 9.59 Å². The molecule has 2 unspecified atom stereocenters. The molecule has 0 bridgehead atoms. The molecule has 5 rings (SSSR count). The number of amides is 2. The Hall–Kier alpha value is -3.13. The fraction of sp³-hybridized carbons (Fsp3) is 0.581. The van der Waals surface area contributed by atoms with Crippen molar-refractivity contribution < 1.29 is 19.1 Å². The third kappa shape index (κ3) is 6.55. The molecule has 4 heterocycles. The first-order chi connectivity index (χ1) is 18.8. The number of anilines is 1. The Morgan fingerprint density at radius 1 is 1.05 bits per heavy atom. The van der Waals surface area contributed by atoms with Gasteiger partial charge in [0, 0.05) is 58.1 Å². The Balaban J connectivity index is 1.41. The van der Waals surface area contributed by atoms with Gasteiger partial charge in [0.25, 0.3) is 0 Å². The van der Waals surface area contributed by atoms with Crippen molar-refractivity contribution >= 4 is 17.7 Å². The van der Waals surface area contributed by atoms with Crippen LogP contribution in [0.5, 0.6) is 0 Å². The summed E-state index contributed by atoms with van der Waals surface area (Å²) in [6.45, 7) is 10.6. The highest BCUT2D eigenvalue weighted by Gasteiger charge is 2.36. The highest BCUT2D eigenvalue weighted by molar-refractivity contribution is 5.81. The number of hydrogen-bond donors (Lipinski definition) is 1. The van der Waals surface area contributed by atoms with Gasteiger partial charge in [0.05, 0.1) is 17.3 Å². The van der Waals surface area contributed by atoms with Gasteiger partial charge < -0.3 is 24.6 Å². The van der Waals surface area contributed by atoms with Gasteiger partial charge in [-0.05, 0) is 75.6 Å². The molecule has 3 saturated heterocycles. The van der Waals surface area contributed by atoms with Crippen LogP contribution in [0.3, 0.4) is 0 Å². The molecule has 210 valence electrons. The summed E-state index contributed by atoms with van der Waals surface area (Å²) in [6.07, 6.45) is 5.46. The Morgan fingerprint density at radius 2 is 1.77 bits per heavy atom. The Kier molecular flexibility index (Phi) is 8.40. The number of piperazine rings is 1. The van der Waals surface area contributed by atoms with Gasteiger partial charge >= 0.3 is 6.09 Å². The predicted octanol–water partition coefficient (Wildman–Crippen LogP) is 4.69. The Labute approximate surface area is 232 Å². The number of ether oxygens (including phenoxy) is 2. The molecule has 2 aromatic rings. The van der Waals surface area contributed by atoms with Gasteiger partial charge in [0.15, 0.2) is 0 Å². The van der Waals surface area contributed by atoms with Crippen LogP contribution in [0.15, 0.2) is 42.6 Å². The molecule has 2 atom stereocenters. The monoisotopic (exact) mass is 534 g/mol. The lowest BCUT2D eigenvalue weighted by Gasteiger charge is -2.38. The van der Waals surface area contributed by atoms with Crippen molar-refractivity contribution in [1.29, 1.82) is 0 Å². The highest BCUT2D eigenvalue weighted by Crippen LogP contribution is 2.40. The van der Waals surface area contributed by atoms with Gasteiger partial charge in [-0.25, -0.2) is 4.79 Å². The number of carbonyl (C=O) groups excluding carboxylic acids is 2. The maximum Gasteiger partial charge on any atom is 0.410 e. The van der Waals surface area contributed by atoms with E-state index < -0.39 is 5.60 Å². The number of benzene rings is 1. The molecule has 2 amide bonds. The van der Waals surface area contributed by atoms with E-state index in [0.29, 0.717) is 32.1 Å². The van der Waals surface area contributed by atoms with Gasteiger partial charge in [-0.1, -0.05) is 24.3 Å². The molecular weight excluding hydrogens is 492 g/mol. The van der Waals surface area contributed by atoms with Crippen molar-refractivity contribution in [2.45, 2.75) is 63.9 Å². The van der Waals surface area contributed by atoms with Gasteiger partial charge in [-0.2, -0.15) is 0 Å². The molecule has 0 spiro atoms. The first-order valence-electron chi connectivity index (χ1n) is 14.4. The number of hydrogen-bond acceptors (Lipinski definition) is 6. The lowest BCUT2D eigenvalue weighted by Crippen LogP contribution is -2.50. The van der Waals surface area contributed by atoms with Gasteiger partial charge in [0.1, 0.15) is 5.60 Å². The minimum atomic E-state index is -0.515. The van der Waals surface area contributed by atoms with Crippen molar-refractivity contribution in [2.75, 3.05) is 50.8 Å². The zero-order chi connectivity index (χ0) is 27.4. The standard InChI is InChI=1S/C31H42N4O4/c1-31(2,3)39-30(37)35-18-16-34(17-19-35)26-7-5-14-32-28(26)27(25-6-4-15-33-29(25)36)24-10-8-22(9-11-24)23-12-20-38-21-13-23/h5,7-11,14,23,25,27H,4,6,12-13,15-21H2,1-3H3,(H,33,36). The largest absolute Gasteiger partial charge is 0.444 e. The minimum Gasteiger partial charge on any atom is -0.444 e. The minimum absolute atomic E-state index is 0.103. The van der Waals surface area contributed by atoms with E-state index in [1.165, 1.54) is 5.56 Å². The second-order valence-corrected chi connectivity index (χ2v) is 11.9. The molecule has 3 aliphatic heterocycles. The van der Waals surface area contributed by atoms with Crippen LogP contribution in [0, 0.1) is 5.92 Å². The number of piperidine rings is 1. The van der Waals surface area contributed by atoms with Crippen molar-refractivity contribution in [3.63, 3.8) is 0 Å². The predicted molar refractivity (Wildman–Crippen MR) is 151 cm³/mol. The summed E-state index contributed by atoms with van der Waals surface area (Å²) in [4.78, 5) is 34.8. The van der Waals surface area contributed by atoms with E-state index in [4.69, 9.17) is 14.5 Å². The lowest BCUT2D eigenvalue weighted by molar-refractivity contribution is -0.127. The van der Waals surface area contributed by atoms with Crippen LogP contribution in [0.4, 0.5) is 10.5 Å². The molecule has 1 aromatic carbocycles. The van der Waals surface area contributed by atoms with Crippen LogP contribution >= 0.6 is 0 Å². The lowest BCUT2D eigenvalue weighted by atomic mass is 9.77. The Bertz CT molecular complexity index is 1130. The van der Waals surface area contributed by atoms with E-state index in [-0.39, 0.29) is 23.8 Å². The van der Waals surface area contributed by atoms with E-state index in [1.54, 1.807) is 4.90 Å². The number of rotatable bonds is 5. The van der Waals surface area contributed by atoms with Crippen LogP contribution in [-0.4, -0.2) is 73.4 Å². The molecular formula is C31H42N4O4. The number of nitrogens with one attached hydrogen (secondary N) is 1. The molecule has 39 heavy (non-hydrogen) atoms. The molecule has 8 heteroatoms. The van der Waals surface area contributed by atoms with Crippen LogP contribution in [-0.2, 0) is 14.3 Å². The van der Waals surface area contributed by atoms with Crippen molar-refractivity contribution in [2.24, 2.45) is 5.92 Å². The summed E-state index contributed by atoms with van der Waals surface area (Å²) in [5.41, 5.74) is 3.93. The zero-order valence-electron chi connectivity index (χ0n) is 23.5. The van der Waals surface area contributed by atoms with E-state index in [1.807, 2.05) is 33.0 Å².